The zero-order valence-electron chi connectivity index (χ0n) is 14.3. The van der Waals surface area contributed by atoms with Gasteiger partial charge in [-0.15, -0.1) is 0 Å². The van der Waals surface area contributed by atoms with E-state index in [-0.39, 0.29) is 0 Å². The lowest BCUT2D eigenvalue weighted by Crippen LogP contribution is -2.29. The zero-order valence-corrected chi connectivity index (χ0v) is 14.3. The van der Waals surface area contributed by atoms with Crippen LogP contribution < -0.4 is 10.6 Å². The lowest BCUT2D eigenvalue weighted by molar-refractivity contribution is 0.255. The number of aromatic nitrogens is 2. The first-order chi connectivity index (χ1) is 11.8. The quantitative estimate of drug-likeness (QED) is 0.909. The van der Waals surface area contributed by atoms with Crippen molar-refractivity contribution >= 4 is 11.6 Å². The van der Waals surface area contributed by atoms with Crippen LogP contribution in [0, 0.1) is 0 Å². The van der Waals surface area contributed by atoms with Gasteiger partial charge in [-0.1, -0.05) is 12.1 Å². The van der Waals surface area contributed by atoms with E-state index in [4.69, 9.17) is 0 Å². The van der Waals surface area contributed by atoms with Gasteiger partial charge in [0.15, 0.2) is 0 Å². The van der Waals surface area contributed by atoms with Gasteiger partial charge in [-0.05, 0) is 75.1 Å². The van der Waals surface area contributed by atoms with Crippen LogP contribution in [-0.4, -0.2) is 41.5 Å². The number of anilines is 2. The Labute approximate surface area is 143 Å². The molecular formula is C19H25N5. The van der Waals surface area contributed by atoms with Crippen molar-refractivity contribution in [2.75, 3.05) is 32.0 Å². The van der Waals surface area contributed by atoms with Crippen molar-refractivity contribution in [2.45, 2.75) is 31.7 Å². The standard InChI is InChI=1S/C19H25N5/c1-24-10-7-15(8-11-24)14-2-4-17(5-3-14)22-19-21-12-16-6-9-20-13-18(16)23-19/h2-5,12,15,20H,6-11,13H2,1H3,(H,21,22,23). The number of piperidine rings is 1. The molecule has 5 nitrogen and oxygen atoms in total. The van der Waals surface area contributed by atoms with Crippen LogP contribution in [0.15, 0.2) is 30.5 Å². The lowest BCUT2D eigenvalue weighted by Gasteiger charge is -2.29. The molecule has 1 fully saturated rings. The molecule has 0 unspecified atom stereocenters. The van der Waals surface area contributed by atoms with Crippen molar-refractivity contribution in [3.8, 4) is 0 Å². The number of nitrogens with one attached hydrogen (secondary N) is 2. The third kappa shape index (κ3) is 3.42. The summed E-state index contributed by atoms with van der Waals surface area (Å²) in [6.07, 6.45) is 5.48. The van der Waals surface area contributed by atoms with Gasteiger partial charge < -0.3 is 15.5 Å². The Morgan fingerprint density at radius 2 is 1.96 bits per heavy atom. The van der Waals surface area contributed by atoms with Gasteiger partial charge in [0.25, 0.3) is 0 Å². The topological polar surface area (TPSA) is 53.1 Å². The van der Waals surface area contributed by atoms with Crippen LogP contribution in [0.3, 0.4) is 0 Å². The fourth-order valence-corrected chi connectivity index (χ4v) is 3.60. The van der Waals surface area contributed by atoms with Crippen LogP contribution in [0.2, 0.25) is 0 Å². The number of fused-ring (bicyclic) bond motifs is 1. The van der Waals surface area contributed by atoms with E-state index in [1.165, 1.54) is 37.1 Å². The predicted molar refractivity (Wildman–Crippen MR) is 96.6 cm³/mol. The molecule has 2 aliphatic rings. The summed E-state index contributed by atoms with van der Waals surface area (Å²) in [6, 6.07) is 8.79. The molecule has 1 saturated heterocycles. The molecule has 0 bridgehead atoms. The molecule has 1 aromatic carbocycles. The maximum atomic E-state index is 4.64. The van der Waals surface area contributed by atoms with Gasteiger partial charge in [0.1, 0.15) is 0 Å². The van der Waals surface area contributed by atoms with Crippen molar-refractivity contribution in [3.05, 3.63) is 47.3 Å². The Balaban J connectivity index is 1.43. The molecule has 1 aromatic heterocycles. The average Bonchev–Trinajstić information content (AvgIpc) is 2.63. The molecule has 0 spiro atoms. The molecule has 2 aliphatic heterocycles. The Hall–Kier alpha value is -1.98. The summed E-state index contributed by atoms with van der Waals surface area (Å²) in [6.45, 7) is 4.24. The van der Waals surface area contributed by atoms with Crippen LogP contribution in [-0.2, 0) is 13.0 Å². The van der Waals surface area contributed by atoms with Gasteiger partial charge in [0.2, 0.25) is 5.95 Å². The summed E-state index contributed by atoms with van der Waals surface area (Å²) in [5.74, 6) is 1.38. The highest BCUT2D eigenvalue weighted by atomic mass is 15.1. The minimum absolute atomic E-state index is 0.685. The molecule has 3 heterocycles. The largest absolute Gasteiger partial charge is 0.324 e. The normalized spacial score (nSPS) is 19.0. The molecular weight excluding hydrogens is 298 g/mol. The van der Waals surface area contributed by atoms with Gasteiger partial charge in [-0.25, -0.2) is 9.97 Å². The van der Waals surface area contributed by atoms with Crippen LogP contribution in [0.4, 0.5) is 11.6 Å². The second-order valence-corrected chi connectivity index (χ2v) is 6.92. The van der Waals surface area contributed by atoms with Crippen LogP contribution in [0.5, 0.6) is 0 Å². The van der Waals surface area contributed by atoms with E-state index in [1.807, 2.05) is 6.20 Å². The zero-order chi connectivity index (χ0) is 16.4. The first-order valence-electron chi connectivity index (χ1n) is 8.89. The number of benzene rings is 1. The second-order valence-electron chi connectivity index (χ2n) is 6.92. The molecule has 0 atom stereocenters. The van der Waals surface area contributed by atoms with Gasteiger partial charge >= 0.3 is 0 Å². The van der Waals surface area contributed by atoms with Gasteiger partial charge in [-0.3, -0.25) is 0 Å². The number of rotatable bonds is 3. The summed E-state index contributed by atoms with van der Waals surface area (Å²) >= 11 is 0. The summed E-state index contributed by atoms with van der Waals surface area (Å²) in [7, 11) is 2.21. The van der Waals surface area contributed by atoms with E-state index in [0.717, 1.165) is 30.9 Å². The van der Waals surface area contributed by atoms with Crippen molar-refractivity contribution in [1.82, 2.24) is 20.2 Å². The van der Waals surface area contributed by atoms with E-state index in [9.17, 15) is 0 Å². The van der Waals surface area contributed by atoms with Crippen LogP contribution in [0.1, 0.15) is 35.6 Å². The Morgan fingerprint density at radius 1 is 1.17 bits per heavy atom. The maximum absolute atomic E-state index is 4.64. The molecule has 0 aliphatic carbocycles. The summed E-state index contributed by atoms with van der Waals surface area (Å²) < 4.78 is 0. The maximum Gasteiger partial charge on any atom is 0.227 e. The van der Waals surface area contributed by atoms with Crippen LogP contribution >= 0.6 is 0 Å². The SMILES string of the molecule is CN1CCC(c2ccc(Nc3ncc4c(n3)CNCC4)cc2)CC1. The Morgan fingerprint density at radius 3 is 2.75 bits per heavy atom. The molecule has 126 valence electrons. The smallest absolute Gasteiger partial charge is 0.227 e. The molecule has 0 saturated carbocycles. The van der Waals surface area contributed by atoms with Crippen molar-refractivity contribution in [3.63, 3.8) is 0 Å². The van der Waals surface area contributed by atoms with Crippen molar-refractivity contribution in [2.24, 2.45) is 0 Å². The Bertz CT molecular complexity index is 689. The van der Waals surface area contributed by atoms with E-state index in [1.54, 1.807) is 0 Å². The third-order valence-electron chi connectivity index (χ3n) is 5.17. The highest BCUT2D eigenvalue weighted by Crippen LogP contribution is 2.28. The second kappa shape index (κ2) is 6.87. The number of hydrogen-bond acceptors (Lipinski definition) is 5. The van der Waals surface area contributed by atoms with Crippen molar-refractivity contribution in [1.29, 1.82) is 0 Å². The molecule has 4 rings (SSSR count). The number of likely N-dealkylation sites (tertiary alicyclic amines) is 1. The number of hydrogen-bond donors (Lipinski definition) is 2. The predicted octanol–water partition coefficient (Wildman–Crippen LogP) is 2.68. The monoisotopic (exact) mass is 323 g/mol. The lowest BCUT2D eigenvalue weighted by atomic mass is 9.89. The molecule has 2 aromatic rings. The molecule has 2 N–H and O–H groups in total. The number of nitrogens with zero attached hydrogens (tertiary/aromatic N) is 3. The molecule has 24 heavy (non-hydrogen) atoms. The average molecular weight is 323 g/mol. The summed E-state index contributed by atoms with van der Waals surface area (Å²) in [5.41, 5.74) is 4.87. The van der Waals surface area contributed by atoms with E-state index >= 15 is 0 Å². The van der Waals surface area contributed by atoms with E-state index in [2.05, 4.69) is 56.8 Å². The Kier molecular flexibility index (Phi) is 4.45. The minimum atomic E-state index is 0.685. The third-order valence-corrected chi connectivity index (χ3v) is 5.17. The minimum Gasteiger partial charge on any atom is -0.324 e. The summed E-state index contributed by atoms with van der Waals surface area (Å²) in [5, 5.41) is 6.69. The van der Waals surface area contributed by atoms with E-state index < -0.39 is 0 Å². The van der Waals surface area contributed by atoms with Gasteiger partial charge in [0.05, 0.1) is 5.69 Å². The molecule has 0 amide bonds. The molecule has 5 heteroatoms. The first-order valence-corrected chi connectivity index (χ1v) is 8.89. The highest BCUT2D eigenvalue weighted by Gasteiger charge is 2.18. The van der Waals surface area contributed by atoms with Crippen molar-refractivity contribution < 1.29 is 0 Å². The fraction of sp³-hybridized carbons (Fsp3) is 0.474. The first kappa shape index (κ1) is 15.5. The highest BCUT2D eigenvalue weighted by molar-refractivity contribution is 5.54. The van der Waals surface area contributed by atoms with E-state index in [0.29, 0.717) is 11.9 Å². The van der Waals surface area contributed by atoms with Gasteiger partial charge in [0, 0.05) is 18.4 Å². The molecule has 0 radical (unpaired) electrons. The van der Waals surface area contributed by atoms with Crippen LogP contribution in [0.25, 0.3) is 0 Å². The summed E-state index contributed by atoms with van der Waals surface area (Å²) in [4.78, 5) is 11.5. The fourth-order valence-electron chi connectivity index (χ4n) is 3.60. The van der Waals surface area contributed by atoms with Gasteiger partial charge in [-0.2, -0.15) is 0 Å².